The summed E-state index contributed by atoms with van der Waals surface area (Å²) in [6.07, 6.45) is 5.18. The van der Waals surface area contributed by atoms with Crippen LogP contribution >= 0.6 is 0 Å². The van der Waals surface area contributed by atoms with E-state index in [2.05, 4.69) is 10.3 Å². The molecule has 2 aromatic rings. The SMILES string of the molecule is COc1cccc(C(NC(=O)C2CCN(C(=O)C3CC3)CC2)c2ccccn2)c1. The van der Waals surface area contributed by atoms with Crippen LogP contribution in [0.1, 0.15) is 43.0 Å². The number of pyridine rings is 1. The number of nitrogens with one attached hydrogen (secondary N) is 1. The number of benzene rings is 1. The molecule has 1 aromatic carbocycles. The summed E-state index contributed by atoms with van der Waals surface area (Å²) >= 11 is 0. The number of nitrogens with zero attached hydrogens (tertiary/aromatic N) is 2. The van der Waals surface area contributed by atoms with Gasteiger partial charge in [-0.15, -0.1) is 0 Å². The molecule has 0 bridgehead atoms. The summed E-state index contributed by atoms with van der Waals surface area (Å²) in [6.45, 7) is 1.33. The summed E-state index contributed by atoms with van der Waals surface area (Å²) in [4.78, 5) is 31.7. The van der Waals surface area contributed by atoms with Crippen molar-refractivity contribution in [2.75, 3.05) is 20.2 Å². The van der Waals surface area contributed by atoms with Crippen LogP contribution in [0.4, 0.5) is 0 Å². The normalized spacial score (nSPS) is 18.2. The van der Waals surface area contributed by atoms with E-state index in [4.69, 9.17) is 4.74 Å². The first-order valence-corrected chi connectivity index (χ1v) is 10.3. The molecule has 1 unspecified atom stereocenters. The molecule has 4 rings (SSSR count). The molecule has 2 amide bonds. The Labute approximate surface area is 171 Å². The molecular weight excluding hydrogens is 366 g/mol. The first kappa shape index (κ1) is 19.4. The van der Waals surface area contributed by atoms with E-state index in [1.165, 1.54) is 0 Å². The second-order valence-electron chi connectivity index (χ2n) is 7.85. The van der Waals surface area contributed by atoms with E-state index in [1.54, 1.807) is 13.3 Å². The van der Waals surface area contributed by atoms with Gasteiger partial charge in [0, 0.05) is 31.1 Å². The van der Waals surface area contributed by atoms with E-state index in [-0.39, 0.29) is 29.7 Å². The average molecular weight is 393 g/mol. The number of methoxy groups -OCH3 is 1. The van der Waals surface area contributed by atoms with E-state index in [0.717, 1.165) is 29.8 Å². The summed E-state index contributed by atoms with van der Waals surface area (Å²) in [5, 5.41) is 3.19. The summed E-state index contributed by atoms with van der Waals surface area (Å²) < 4.78 is 5.35. The summed E-state index contributed by atoms with van der Waals surface area (Å²) in [7, 11) is 1.63. The molecule has 2 aliphatic rings. The van der Waals surface area contributed by atoms with Crippen molar-refractivity contribution >= 4 is 11.8 Å². The van der Waals surface area contributed by atoms with Gasteiger partial charge in [-0.25, -0.2) is 0 Å². The minimum atomic E-state index is -0.343. The number of hydrogen-bond acceptors (Lipinski definition) is 4. The van der Waals surface area contributed by atoms with Crippen LogP contribution in [-0.2, 0) is 9.59 Å². The lowest BCUT2D eigenvalue weighted by molar-refractivity contribution is -0.136. The Kier molecular flexibility index (Phi) is 5.79. The number of ether oxygens (including phenoxy) is 1. The summed E-state index contributed by atoms with van der Waals surface area (Å²) in [5.74, 6) is 1.18. The third-order valence-corrected chi connectivity index (χ3v) is 5.80. The lowest BCUT2D eigenvalue weighted by atomic mass is 9.94. The molecule has 2 heterocycles. The fraction of sp³-hybridized carbons (Fsp3) is 0.435. The van der Waals surface area contributed by atoms with Gasteiger partial charge in [-0.3, -0.25) is 14.6 Å². The number of hydrogen-bond donors (Lipinski definition) is 1. The van der Waals surface area contributed by atoms with Crippen LogP contribution in [0.2, 0.25) is 0 Å². The molecule has 1 N–H and O–H groups in total. The van der Waals surface area contributed by atoms with Gasteiger partial charge in [0.1, 0.15) is 5.75 Å². The van der Waals surface area contributed by atoms with Crippen LogP contribution in [0.5, 0.6) is 5.75 Å². The second-order valence-corrected chi connectivity index (χ2v) is 7.85. The van der Waals surface area contributed by atoms with Crippen LogP contribution in [-0.4, -0.2) is 41.9 Å². The Morgan fingerprint density at radius 3 is 2.52 bits per heavy atom. The summed E-state index contributed by atoms with van der Waals surface area (Å²) in [6, 6.07) is 13.1. The highest BCUT2D eigenvalue weighted by Gasteiger charge is 2.36. The van der Waals surface area contributed by atoms with Crippen molar-refractivity contribution in [3.8, 4) is 5.75 Å². The lowest BCUT2D eigenvalue weighted by Crippen LogP contribution is -2.44. The van der Waals surface area contributed by atoms with Gasteiger partial charge >= 0.3 is 0 Å². The number of likely N-dealkylation sites (tertiary alicyclic amines) is 1. The number of carbonyl (C=O) groups is 2. The minimum absolute atomic E-state index is 0.0157. The van der Waals surface area contributed by atoms with Crippen LogP contribution in [0, 0.1) is 11.8 Å². The quantitative estimate of drug-likeness (QED) is 0.819. The van der Waals surface area contributed by atoms with E-state index < -0.39 is 0 Å². The van der Waals surface area contributed by atoms with Crippen molar-refractivity contribution in [1.82, 2.24) is 15.2 Å². The standard InChI is InChI=1S/C23H27N3O3/c1-29-19-6-4-5-18(15-19)21(20-7-2-3-12-24-20)25-22(27)16-10-13-26(14-11-16)23(28)17-8-9-17/h2-7,12,15-17,21H,8-11,13-14H2,1H3,(H,25,27). The fourth-order valence-corrected chi connectivity index (χ4v) is 3.91. The fourth-order valence-electron chi connectivity index (χ4n) is 3.91. The lowest BCUT2D eigenvalue weighted by Gasteiger charge is -2.32. The van der Waals surface area contributed by atoms with Crippen molar-refractivity contribution in [2.24, 2.45) is 11.8 Å². The van der Waals surface area contributed by atoms with Crippen LogP contribution in [0.15, 0.2) is 48.7 Å². The van der Waals surface area contributed by atoms with Crippen molar-refractivity contribution < 1.29 is 14.3 Å². The smallest absolute Gasteiger partial charge is 0.225 e. The van der Waals surface area contributed by atoms with Gasteiger partial charge in [0.2, 0.25) is 11.8 Å². The molecule has 1 atom stereocenters. The van der Waals surface area contributed by atoms with Crippen molar-refractivity contribution in [1.29, 1.82) is 0 Å². The minimum Gasteiger partial charge on any atom is -0.497 e. The zero-order chi connectivity index (χ0) is 20.2. The van der Waals surface area contributed by atoms with Crippen LogP contribution in [0.25, 0.3) is 0 Å². The Bertz CT molecular complexity index is 859. The molecule has 2 fully saturated rings. The maximum Gasteiger partial charge on any atom is 0.225 e. The molecule has 1 aliphatic heterocycles. The van der Waals surface area contributed by atoms with E-state index in [9.17, 15) is 9.59 Å². The van der Waals surface area contributed by atoms with Crippen molar-refractivity contribution in [3.05, 3.63) is 59.9 Å². The van der Waals surface area contributed by atoms with E-state index in [0.29, 0.717) is 25.9 Å². The van der Waals surface area contributed by atoms with E-state index in [1.807, 2.05) is 47.4 Å². The number of rotatable bonds is 6. The summed E-state index contributed by atoms with van der Waals surface area (Å²) in [5.41, 5.74) is 1.72. The number of piperidine rings is 1. The molecule has 152 valence electrons. The molecule has 1 saturated heterocycles. The first-order chi connectivity index (χ1) is 14.2. The number of carbonyl (C=O) groups excluding carboxylic acids is 2. The predicted octanol–water partition coefficient (Wildman–Crippen LogP) is 2.94. The highest BCUT2D eigenvalue weighted by atomic mass is 16.5. The molecule has 29 heavy (non-hydrogen) atoms. The number of aromatic nitrogens is 1. The van der Waals surface area contributed by atoms with Gasteiger partial charge in [-0.2, -0.15) is 0 Å². The van der Waals surface area contributed by atoms with Gasteiger partial charge in [0.15, 0.2) is 0 Å². The van der Waals surface area contributed by atoms with Gasteiger partial charge in [0.05, 0.1) is 18.8 Å². The van der Waals surface area contributed by atoms with Gasteiger partial charge < -0.3 is 15.0 Å². The van der Waals surface area contributed by atoms with Crippen molar-refractivity contribution in [2.45, 2.75) is 31.7 Å². The molecule has 1 aromatic heterocycles. The Morgan fingerprint density at radius 2 is 1.86 bits per heavy atom. The molecule has 0 radical (unpaired) electrons. The topological polar surface area (TPSA) is 71.5 Å². The number of amides is 2. The first-order valence-electron chi connectivity index (χ1n) is 10.3. The zero-order valence-electron chi connectivity index (χ0n) is 16.7. The van der Waals surface area contributed by atoms with Crippen molar-refractivity contribution in [3.63, 3.8) is 0 Å². The highest BCUT2D eigenvalue weighted by Crippen LogP contribution is 2.33. The predicted molar refractivity (Wildman–Crippen MR) is 109 cm³/mol. The maximum atomic E-state index is 13.1. The molecule has 6 heteroatoms. The highest BCUT2D eigenvalue weighted by molar-refractivity contribution is 5.82. The molecule has 6 nitrogen and oxygen atoms in total. The zero-order valence-corrected chi connectivity index (χ0v) is 16.7. The third-order valence-electron chi connectivity index (χ3n) is 5.80. The molecular formula is C23H27N3O3. The Hall–Kier alpha value is -2.89. The van der Waals surface area contributed by atoms with Gasteiger partial charge in [-0.05, 0) is 55.5 Å². The Balaban J connectivity index is 1.46. The second kappa shape index (κ2) is 8.64. The van der Waals surface area contributed by atoms with Crippen LogP contribution < -0.4 is 10.1 Å². The monoisotopic (exact) mass is 393 g/mol. The largest absolute Gasteiger partial charge is 0.497 e. The van der Waals surface area contributed by atoms with Gasteiger partial charge in [0.25, 0.3) is 0 Å². The molecule has 1 aliphatic carbocycles. The third kappa shape index (κ3) is 4.58. The Morgan fingerprint density at radius 1 is 1.07 bits per heavy atom. The van der Waals surface area contributed by atoms with E-state index >= 15 is 0 Å². The molecule has 0 spiro atoms. The maximum absolute atomic E-state index is 13.1. The molecule has 1 saturated carbocycles. The average Bonchev–Trinajstić information content (AvgIpc) is 3.63. The van der Waals surface area contributed by atoms with Gasteiger partial charge in [-0.1, -0.05) is 18.2 Å². The van der Waals surface area contributed by atoms with Crippen LogP contribution in [0.3, 0.4) is 0 Å².